The zero-order chi connectivity index (χ0) is 21.5. The van der Waals surface area contributed by atoms with Gasteiger partial charge in [-0.05, 0) is 55.3 Å². The maximum atomic E-state index is 12.6. The lowest BCUT2D eigenvalue weighted by Crippen LogP contribution is -2.27. The first-order chi connectivity index (χ1) is 14.4. The second-order valence-electron chi connectivity index (χ2n) is 7.05. The van der Waals surface area contributed by atoms with Crippen LogP contribution in [0.4, 0.5) is 11.4 Å². The average Bonchev–Trinajstić information content (AvgIpc) is 2.75. The van der Waals surface area contributed by atoms with Crippen LogP contribution in [0, 0.1) is 6.92 Å². The van der Waals surface area contributed by atoms with Gasteiger partial charge in [0.1, 0.15) is 0 Å². The lowest BCUT2D eigenvalue weighted by atomic mass is 10.1. The van der Waals surface area contributed by atoms with Crippen molar-refractivity contribution >= 4 is 34.8 Å². The van der Waals surface area contributed by atoms with Crippen LogP contribution in [0.1, 0.15) is 34.5 Å². The van der Waals surface area contributed by atoms with Crippen LogP contribution in [-0.4, -0.2) is 18.4 Å². The third-order valence-electron chi connectivity index (χ3n) is 4.70. The van der Waals surface area contributed by atoms with Crippen molar-refractivity contribution in [2.24, 2.45) is 0 Å². The molecule has 154 valence electrons. The zero-order valence-electron chi connectivity index (χ0n) is 16.9. The van der Waals surface area contributed by atoms with Gasteiger partial charge in [0, 0.05) is 22.0 Å². The smallest absolute Gasteiger partial charge is 0.251 e. The molecule has 3 N–H and O–H groups in total. The van der Waals surface area contributed by atoms with Crippen LogP contribution in [0.2, 0.25) is 5.02 Å². The highest BCUT2D eigenvalue weighted by Gasteiger charge is 2.12. The van der Waals surface area contributed by atoms with E-state index in [0.29, 0.717) is 22.0 Å². The molecule has 0 aromatic heterocycles. The lowest BCUT2D eigenvalue weighted by molar-refractivity contribution is -0.114. The third-order valence-corrected chi connectivity index (χ3v) is 4.93. The Kier molecular flexibility index (Phi) is 7.09. The summed E-state index contributed by atoms with van der Waals surface area (Å²) in [6, 6.07) is 22.1. The van der Waals surface area contributed by atoms with Crippen LogP contribution in [0.15, 0.2) is 72.8 Å². The highest BCUT2D eigenvalue weighted by atomic mass is 35.5. The fourth-order valence-electron chi connectivity index (χ4n) is 2.98. The summed E-state index contributed by atoms with van der Waals surface area (Å²) in [7, 11) is 0. The third kappa shape index (κ3) is 5.84. The first-order valence-electron chi connectivity index (χ1n) is 9.68. The number of carbonyl (C=O) groups is 2. The number of benzene rings is 3. The Labute approximate surface area is 181 Å². The van der Waals surface area contributed by atoms with Crippen LogP contribution < -0.4 is 16.0 Å². The molecule has 0 heterocycles. The Hall–Kier alpha value is -3.31. The summed E-state index contributed by atoms with van der Waals surface area (Å²) in [4.78, 5) is 24.9. The normalized spacial score (nSPS) is 11.4. The van der Waals surface area contributed by atoms with Gasteiger partial charge in [-0.2, -0.15) is 0 Å². The van der Waals surface area contributed by atoms with E-state index in [0.717, 1.165) is 11.1 Å². The van der Waals surface area contributed by atoms with Crippen molar-refractivity contribution in [3.63, 3.8) is 0 Å². The van der Waals surface area contributed by atoms with E-state index >= 15 is 0 Å². The van der Waals surface area contributed by atoms with Gasteiger partial charge in [-0.15, -0.1) is 0 Å². The van der Waals surface area contributed by atoms with E-state index in [9.17, 15) is 9.59 Å². The van der Waals surface area contributed by atoms with Gasteiger partial charge in [0.25, 0.3) is 5.91 Å². The van der Waals surface area contributed by atoms with E-state index in [1.165, 1.54) is 0 Å². The van der Waals surface area contributed by atoms with Crippen molar-refractivity contribution in [3.8, 4) is 0 Å². The highest BCUT2D eigenvalue weighted by molar-refractivity contribution is 6.31. The van der Waals surface area contributed by atoms with E-state index in [-0.39, 0.29) is 24.4 Å². The summed E-state index contributed by atoms with van der Waals surface area (Å²) in [5, 5.41) is 9.44. The maximum Gasteiger partial charge on any atom is 0.251 e. The van der Waals surface area contributed by atoms with Crippen molar-refractivity contribution in [2.75, 3.05) is 17.2 Å². The molecule has 0 spiro atoms. The van der Waals surface area contributed by atoms with Gasteiger partial charge in [0.2, 0.25) is 5.91 Å². The molecule has 0 fully saturated rings. The molecule has 2 amide bonds. The van der Waals surface area contributed by atoms with Gasteiger partial charge < -0.3 is 16.0 Å². The first kappa shape index (κ1) is 21.4. The molecule has 0 saturated heterocycles. The number of hydrogen-bond donors (Lipinski definition) is 3. The summed E-state index contributed by atoms with van der Waals surface area (Å²) in [5.74, 6) is -0.373. The molecule has 0 aliphatic carbocycles. The number of halogens is 1. The lowest BCUT2D eigenvalue weighted by Gasteiger charge is -2.15. The molecule has 0 saturated carbocycles. The predicted octanol–water partition coefficient (Wildman–Crippen LogP) is 5.19. The molecule has 3 aromatic carbocycles. The predicted molar refractivity (Wildman–Crippen MR) is 122 cm³/mol. The first-order valence-corrected chi connectivity index (χ1v) is 10.1. The Morgan fingerprint density at radius 2 is 1.73 bits per heavy atom. The quantitative estimate of drug-likeness (QED) is 0.491. The monoisotopic (exact) mass is 421 g/mol. The number of aryl methyl sites for hydroxylation is 1. The summed E-state index contributed by atoms with van der Waals surface area (Å²) in [6.45, 7) is 3.91. The van der Waals surface area contributed by atoms with E-state index in [1.807, 2.05) is 56.3 Å². The van der Waals surface area contributed by atoms with Crippen molar-refractivity contribution in [2.45, 2.75) is 19.9 Å². The SMILES string of the molecule is Cc1ccc(Cl)cc1NC(=O)CNc1cccc(C(=O)NC(C)c2ccccc2)c1. The summed E-state index contributed by atoms with van der Waals surface area (Å²) in [6.07, 6.45) is 0. The number of amides is 2. The second kappa shape index (κ2) is 9.94. The minimum atomic E-state index is -0.201. The van der Waals surface area contributed by atoms with Gasteiger partial charge in [-0.3, -0.25) is 9.59 Å². The number of nitrogens with one attached hydrogen (secondary N) is 3. The molecule has 6 heteroatoms. The molecule has 3 rings (SSSR count). The summed E-state index contributed by atoms with van der Waals surface area (Å²) in [5.41, 5.74) is 3.85. The van der Waals surface area contributed by atoms with Crippen LogP contribution in [0.5, 0.6) is 0 Å². The summed E-state index contributed by atoms with van der Waals surface area (Å²) < 4.78 is 0. The molecular weight excluding hydrogens is 398 g/mol. The average molecular weight is 422 g/mol. The maximum absolute atomic E-state index is 12.6. The van der Waals surface area contributed by atoms with Crippen molar-refractivity contribution in [1.29, 1.82) is 0 Å². The molecule has 1 unspecified atom stereocenters. The molecule has 5 nitrogen and oxygen atoms in total. The van der Waals surface area contributed by atoms with Gasteiger partial charge in [-0.1, -0.05) is 54.1 Å². The fraction of sp³-hybridized carbons (Fsp3) is 0.167. The molecule has 3 aromatic rings. The topological polar surface area (TPSA) is 70.2 Å². The second-order valence-corrected chi connectivity index (χ2v) is 7.48. The minimum absolute atomic E-state index is 0.0669. The standard InChI is InChI=1S/C24H24ClN3O2/c1-16-11-12-20(25)14-22(16)28-23(29)15-26-21-10-6-9-19(13-21)24(30)27-17(2)18-7-4-3-5-8-18/h3-14,17,26H,15H2,1-2H3,(H,27,30)(H,28,29). The fourth-order valence-corrected chi connectivity index (χ4v) is 3.15. The molecule has 30 heavy (non-hydrogen) atoms. The highest BCUT2D eigenvalue weighted by Crippen LogP contribution is 2.20. The van der Waals surface area contributed by atoms with Crippen LogP contribution >= 0.6 is 11.6 Å². The van der Waals surface area contributed by atoms with Gasteiger partial charge >= 0.3 is 0 Å². The Morgan fingerprint density at radius 3 is 2.50 bits per heavy atom. The van der Waals surface area contributed by atoms with Crippen LogP contribution in [0.3, 0.4) is 0 Å². The van der Waals surface area contributed by atoms with Crippen molar-refractivity contribution < 1.29 is 9.59 Å². The van der Waals surface area contributed by atoms with Crippen molar-refractivity contribution in [1.82, 2.24) is 5.32 Å². The Balaban J connectivity index is 1.57. The number of anilines is 2. The Bertz CT molecular complexity index is 1040. The van der Waals surface area contributed by atoms with E-state index in [1.54, 1.807) is 30.3 Å². The molecule has 0 bridgehead atoms. The van der Waals surface area contributed by atoms with Crippen LogP contribution in [0.25, 0.3) is 0 Å². The van der Waals surface area contributed by atoms with Gasteiger partial charge in [-0.25, -0.2) is 0 Å². The number of hydrogen-bond acceptors (Lipinski definition) is 3. The van der Waals surface area contributed by atoms with Crippen LogP contribution in [-0.2, 0) is 4.79 Å². The van der Waals surface area contributed by atoms with E-state index in [2.05, 4.69) is 16.0 Å². The zero-order valence-corrected chi connectivity index (χ0v) is 17.7. The number of rotatable bonds is 7. The summed E-state index contributed by atoms with van der Waals surface area (Å²) >= 11 is 5.99. The minimum Gasteiger partial charge on any atom is -0.376 e. The molecule has 0 aliphatic heterocycles. The largest absolute Gasteiger partial charge is 0.376 e. The molecule has 0 radical (unpaired) electrons. The van der Waals surface area contributed by atoms with E-state index < -0.39 is 0 Å². The van der Waals surface area contributed by atoms with Gasteiger partial charge in [0.15, 0.2) is 0 Å². The Morgan fingerprint density at radius 1 is 0.967 bits per heavy atom. The molecular formula is C24H24ClN3O2. The molecule has 0 aliphatic rings. The van der Waals surface area contributed by atoms with E-state index in [4.69, 9.17) is 11.6 Å². The van der Waals surface area contributed by atoms with Crippen molar-refractivity contribution in [3.05, 3.63) is 94.5 Å². The van der Waals surface area contributed by atoms with Gasteiger partial charge in [0.05, 0.1) is 12.6 Å². The number of carbonyl (C=O) groups excluding carboxylic acids is 2. The molecule has 1 atom stereocenters.